The minimum absolute atomic E-state index is 0.0397. The molecule has 26 heavy (non-hydrogen) atoms. The molecule has 0 saturated carbocycles. The van der Waals surface area contributed by atoms with Crippen LogP contribution in [0, 0.1) is 5.41 Å². The topological polar surface area (TPSA) is 47.6 Å². The van der Waals surface area contributed by atoms with E-state index < -0.39 is 12.0 Å². The van der Waals surface area contributed by atoms with Crippen molar-refractivity contribution in [2.75, 3.05) is 12.4 Å². The Morgan fingerprint density at radius 2 is 1.81 bits per heavy atom. The average molecular weight is 363 g/mol. The summed E-state index contributed by atoms with van der Waals surface area (Å²) in [5.41, 5.74) is 1.12. The van der Waals surface area contributed by atoms with Crippen LogP contribution in [0.25, 0.3) is 11.1 Å². The van der Waals surface area contributed by atoms with E-state index in [9.17, 15) is 13.6 Å². The largest absolute Gasteiger partial charge is 0.497 e. The highest BCUT2D eigenvalue weighted by atomic mass is 19.3. The first kappa shape index (κ1) is 19.7. The van der Waals surface area contributed by atoms with E-state index in [1.54, 1.807) is 43.5 Å². The molecule has 140 valence electrons. The Balaban J connectivity index is 2.40. The predicted molar refractivity (Wildman–Crippen MR) is 97.8 cm³/mol. The van der Waals surface area contributed by atoms with Gasteiger partial charge in [-0.1, -0.05) is 32.9 Å². The normalized spacial score (nSPS) is 11.3. The van der Waals surface area contributed by atoms with E-state index >= 15 is 0 Å². The number of hydrogen-bond donors (Lipinski definition) is 1. The Labute approximate surface area is 152 Å². The molecule has 6 heteroatoms. The number of carbonyl (C=O) groups excluding carboxylic acids is 1. The quantitative estimate of drug-likeness (QED) is 0.722. The molecule has 2 rings (SSSR count). The minimum Gasteiger partial charge on any atom is -0.497 e. The van der Waals surface area contributed by atoms with Gasteiger partial charge in [0.1, 0.15) is 11.5 Å². The van der Waals surface area contributed by atoms with Gasteiger partial charge in [0, 0.05) is 16.7 Å². The van der Waals surface area contributed by atoms with Crippen LogP contribution in [-0.2, 0) is 4.79 Å². The van der Waals surface area contributed by atoms with Gasteiger partial charge in [0.2, 0.25) is 5.91 Å². The smallest absolute Gasteiger partial charge is 0.387 e. The molecule has 0 bridgehead atoms. The molecule has 0 unspecified atom stereocenters. The molecular weight excluding hydrogens is 340 g/mol. The summed E-state index contributed by atoms with van der Waals surface area (Å²) in [4.78, 5) is 12.4. The van der Waals surface area contributed by atoms with Crippen LogP contribution < -0.4 is 14.8 Å². The van der Waals surface area contributed by atoms with Crippen LogP contribution in [0.5, 0.6) is 11.5 Å². The van der Waals surface area contributed by atoms with Crippen LogP contribution in [-0.4, -0.2) is 19.6 Å². The van der Waals surface area contributed by atoms with Crippen LogP contribution >= 0.6 is 0 Å². The number of rotatable bonds is 7. The van der Waals surface area contributed by atoms with Gasteiger partial charge in [-0.25, -0.2) is 0 Å². The zero-order valence-corrected chi connectivity index (χ0v) is 15.3. The van der Waals surface area contributed by atoms with Crippen molar-refractivity contribution >= 4 is 11.6 Å². The number of carbonyl (C=O) groups is 1. The zero-order chi connectivity index (χ0) is 19.3. The van der Waals surface area contributed by atoms with E-state index in [0.717, 1.165) is 0 Å². The molecule has 0 atom stereocenters. The molecular formula is C20H23F2NO3. The number of hydrogen-bond acceptors (Lipinski definition) is 3. The van der Waals surface area contributed by atoms with E-state index in [1.807, 2.05) is 20.8 Å². The van der Waals surface area contributed by atoms with Crippen LogP contribution in [0.15, 0.2) is 42.5 Å². The molecule has 4 nitrogen and oxygen atoms in total. The first-order chi connectivity index (χ1) is 12.3. The van der Waals surface area contributed by atoms with Crippen molar-refractivity contribution in [3.05, 3.63) is 42.5 Å². The number of ether oxygens (including phenoxy) is 2. The van der Waals surface area contributed by atoms with Gasteiger partial charge in [0.05, 0.1) is 7.11 Å². The molecule has 1 amide bonds. The standard InChI is InChI=1S/C20H23F2NO3/c1-5-20(2,3)18(24)23-14-8-11-17(26-19(21)22)16(12-14)13-6-9-15(25-4)10-7-13/h6-12,19H,5H2,1-4H3,(H,23,24). The molecule has 0 saturated heterocycles. The van der Waals surface area contributed by atoms with Crippen LogP contribution in [0.4, 0.5) is 14.5 Å². The van der Waals surface area contributed by atoms with Crippen molar-refractivity contribution in [2.45, 2.75) is 33.8 Å². The second kappa shape index (κ2) is 8.17. The van der Waals surface area contributed by atoms with Gasteiger partial charge >= 0.3 is 6.61 Å². The predicted octanol–water partition coefficient (Wildman–Crippen LogP) is 5.34. The third kappa shape index (κ3) is 4.71. The first-order valence-corrected chi connectivity index (χ1v) is 8.31. The lowest BCUT2D eigenvalue weighted by Crippen LogP contribution is -2.29. The summed E-state index contributed by atoms with van der Waals surface area (Å²) in [6, 6.07) is 11.6. The van der Waals surface area contributed by atoms with E-state index in [-0.39, 0.29) is 11.7 Å². The fourth-order valence-electron chi connectivity index (χ4n) is 2.26. The monoisotopic (exact) mass is 363 g/mol. The summed E-state index contributed by atoms with van der Waals surface area (Å²) < 4.78 is 35.2. The summed E-state index contributed by atoms with van der Waals surface area (Å²) in [5, 5.41) is 2.84. The Kier molecular flexibility index (Phi) is 6.18. The molecule has 0 aliphatic carbocycles. The van der Waals surface area contributed by atoms with Gasteiger partial charge in [0.25, 0.3) is 0 Å². The van der Waals surface area contributed by atoms with Gasteiger partial charge in [-0.2, -0.15) is 8.78 Å². The Morgan fingerprint density at radius 1 is 1.15 bits per heavy atom. The maximum Gasteiger partial charge on any atom is 0.387 e. The summed E-state index contributed by atoms with van der Waals surface area (Å²) in [7, 11) is 1.55. The highest BCUT2D eigenvalue weighted by molar-refractivity contribution is 5.95. The minimum atomic E-state index is -2.94. The van der Waals surface area contributed by atoms with Crippen molar-refractivity contribution in [2.24, 2.45) is 5.41 Å². The van der Waals surface area contributed by atoms with Crippen molar-refractivity contribution in [1.82, 2.24) is 0 Å². The summed E-state index contributed by atoms with van der Waals surface area (Å²) in [6.07, 6.45) is 0.677. The van der Waals surface area contributed by atoms with Gasteiger partial charge in [-0.3, -0.25) is 4.79 Å². The highest BCUT2D eigenvalue weighted by Crippen LogP contribution is 2.35. The fourth-order valence-corrected chi connectivity index (χ4v) is 2.26. The van der Waals surface area contributed by atoms with E-state index in [2.05, 4.69) is 10.1 Å². The van der Waals surface area contributed by atoms with Crippen LogP contribution in [0.3, 0.4) is 0 Å². The van der Waals surface area contributed by atoms with Crippen molar-refractivity contribution in [1.29, 1.82) is 0 Å². The fraction of sp³-hybridized carbons (Fsp3) is 0.350. The van der Waals surface area contributed by atoms with Gasteiger partial charge in [0.15, 0.2) is 0 Å². The first-order valence-electron chi connectivity index (χ1n) is 8.31. The van der Waals surface area contributed by atoms with Gasteiger partial charge < -0.3 is 14.8 Å². The molecule has 0 heterocycles. The molecule has 0 aliphatic rings. The van der Waals surface area contributed by atoms with Crippen LogP contribution in [0.1, 0.15) is 27.2 Å². The maximum atomic E-state index is 12.7. The number of anilines is 1. The summed E-state index contributed by atoms with van der Waals surface area (Å²) in [6.45, 7) is 2.69. The number of methoxy groups -OCH3 is 1. The number of alkyl halides is 2. The van der Waals surface area contributed by atoms with E-state index in [0.29, 0.717) is 29.0 Å². The lowest BCUT2D eigenvalue weighted by Gasteiger charge is -2.22. The number of nitrogens with one attached hydrogen (secondary N) is 1. The average Bonchev–Trinajstić information content (AvgIpc) is 2.62. The van der Waals surface area contributed by atoms with Gasteiger partial charge in [-0.15, -0.1) is 0 Å². The van der Waals surface area contributed by atoms with Gasteiger partial charge in [-0.05, 0) is 42.3 Å². The Hall–Kier alpha value is -2.63. The molecule has 0 radical (unpaired) electrons. The summed E-state index contributed by atoms with van der Waals surface area (Å²) in [5.74, 6) is 0.556. The Bertz CT molecular complexity index is 758. The number of halogens is 2. The molecule has 2 aromatic rings. The number of amides is 1. The highest BCUT2D eigenvalue weighted by Gasteiger charge is 2.25. The van der Waals surface area contributed by atoms with Crippen molar-refractivity contribution in [3.8, 4) is 22.6 Å². The van der Waals surface area contributed by atoms with E-state index in [1.165, 1.54) is 6.07 Å². The SMILES string of the molecule is CCC(C)(C)C(=O)Nc1ccc(OC(F)F)c(-c2ccc(OC)cc2)c1. The van der Waals surface area contributed by atoms with Crippen molar-refractivity contribution < 1.29 is 23.0 Å². The summed E-state index contributed by atoms with van der Waals surface area (Å²) >= 11 is 0. The molecule has 1 N–H and O–H groups in total. The maximum absolute atomic E-state index is 12.7. The lowest BCUT2D eigenvalue weighted by molar-refractivity contribution is -0.124. The lowest BCUT2D eigenvalue weighted by atomic mass is 9.89. The third-order valence-corrected chi connectivity index (χ3v) is 4.35. The van der Waals surface area contributed by atoms with Crippen molar-refractivity contribution in [3.63, 3.8) is 0 Å². The zero-order valence-electron chi connectivity index (χ0n) is 15.3. The molecule has 0 aromatic heterocycles. The molecule has 0 aliphatic heterocycles. The Morgan fingerprint density at radius 3 is 2.35 bits per heavy atom. The molecule has 0 spiro atoms. The number of benzene rings is 2. The molecule has 2 aromatic carbocycles. The third-order valence-electron chi connectivity index (χ3n) is 4.35. The second-order valence-electron chi connectivity index (χ2n) is 6.51. The molecule has 0 fully saturated rings. The second-order valence-corrected chi connectivity index (χ2v) is 6.51. The van der Waals surface area contributed by atoms with E-state index in [4.69, 9.17) is 4.74 Å². The van der Waals surface area contributed by atoms with Crippen LogP contribution in [0.2, 0.25) is 0 Å².